The fourth-order valence-electron chi connectivity index (χ4n) is 4.26. The van der Waals surface area contributed by atoms with Crippen molar-refractivity contribution in [1.82, 2.24) is 9.80 Å². The van der Waals surface area contributed by atoms with Crippen LogP contribution in [0.1, 0.15) is 21.5 Å². The number of carbonyl (C=O) groups excluding carboxylic acids is 1. The zero-order chi connectivity index (χ0) is 24.4. The zero-order valence-corrected chi connectivity index (χ0v) is 20.3. The monoisotopic (exact) mass is 493 g/mol. The van der Waals surface area contributed by atoms with Gasteiger partial charge in [0.1, 0.15) is 0 Å². The number of hydrogen-bond acceptors (Lipinski definition) is 6. The standard InChI is InChI=1S/C26H27N3O5S/c1-19-7-9-21(16-23(19)27-35(31,32)22-5-3-2-4-6-22)26(30)29-13-11-28(12-14-29)17-20-8-10-24-25(15-20)34-18-33-24/h2-10,15-16,27H,11-14,17-18H2,1H3. The van der Waals surface area contributed by atoms with E-state index in [1.54, 1.807) is 36.4 Å². The molecule has 35 heavy (non-hydrogen) atoms. The molecular formula is C26H27N3O5S. The maximum absolute atomic E-state index is 13.2. The van der Waals surface area contributed by atoms with E-state index in [4.69, 9.17) is 9.47 Å². The summed E-state index contributed by atoms with van der Waals surface area (Å²) in [5.41, 5.74) is 2.75. The van der Waals surface area contributed by atoms with Gasteiger partial charge in [0.2, 0.25) is 6.79 Å². The van der Waals surface area contributed by atoms with Crippen molar-refractivity contribution < 1.29 is 22.7 Å². The van der Waals surface area contributed by atoms with Gasteiger partial charge in [-0.05, 0) is 54.4 Å². The predicted molar refractivity (Wildman–Crippen MR) is 132 cm³/mol. The summed E-state index contributed by atoms with van der Waals surface area (Å²) in [5, 5.41) is 0. The minimum atomic E-state index is -3.74. The van der Waals surface area contributed by atoms with Gasteiger partial charge >= 0.3 is 0 Å². The summed E-state index contributed by atoms with van der Waals surface area (Å²) < 4.78 is 39.0. The van der Waals surface area contributed by atoms with Crippen LogP contribution < -0.4 is 14.2 Å². The Labute approximate surface area is 205 Å². The highest BCUT2D eigenvalue weighted by molar-refractivity contribution is 7.92. The number of amides is 1. The van der Waals surface area contributed by atoms with Crippen LogP contribution in [0.25, 0.3) is 0 Å². The third-order valence-corrected chi connectivity index (χ3v) is 7.67. The van der Waals surface area contributed by atoms with Gasteiger partial charge in [0.05, 0.1) is 10.6 Å². The van der Waals surface area contributed by atoms with Crippen molar-refractivity contribution in [2.45, 2.75) is 18.4 Å². The van der Waals surface area contributed by atoms with E-state index in [9.17, 15) is 13.2 Å². The van der Waals surface area contributed by atoms with Crippen LogP contribution in [0.2, 0.25) is 0 Å². The highest BCUT2D eigenvalue weighted by atomic mass is 32.2. The fraction of sp³-hybridized carbons (Fsp3) is 0.269. The Kier molecular flexibility index (Phi) is 6.36. The molecule has 1 N–H and O–H groups in total. The van der Waals surface area contributed by atoms with E-state index >= 15 is 0 Å². The van der Waals surface area contributed by atoms with Crippen molar-refractivity contribution >= 4 is 21.6 Å². The second kappa shape index (κ2) is 9.59. The number of fused-ring (bicyclic) bond motifs is 1. The molecule has 0 bridgehead atoms. The largest absolute Gasteiger partial charge is 0.454 e. The van der Waals surface area contributed by atoms with Crippen LogP contribution in [0.4, 0.5) is 5.69 Å². The summed E-state index contributed by atoms with van der Waals surface area (Å²) in [7, 11) is -3.74. The lowest BCUT2D eigenvalue weighted by Crippen LogP contribution is -2.48. The average Bonchev–Trinajstić information content (AvgIpc) is 3.34. The smallest absolute Gasteiger partial charge is 0.261 e. The van der Waals surface area contributed by atoms with E-state index in [0.717, 1.165) is 42.3 Å². The Bertz CT molecular complexity index is 1340. The van der Waals surface area contributed by atoms with E-state index in [1.165, 1.54) is 12.1 Å². The van der Waals surface area contributed by atoms with Crippen LogP contribution in [-0.2, 0) is 16.6 Å². The van der Waals surface area contributed by atoms with Crippen molar-refractivity contribution in [2.75, 3.05) is 37.7 Å². The first-order chi connectivity index (χ1) is 16.9. The predicted octanol–water partition coefficient (Wildman–Crippen LogP) is 3.48. The molecule has 0 atom stereocenters. The molecule has 1 amide bonds. The molecule has 0 unspecified atom stereocenters. The second-order valence-corrected chi connectivity index (χ2v) is 10.4. The Morgan fingerprint density at radius 2 is 1.66 bits per heavy atom. The van der Waals surface area contributed by atoms with E-state index in [2.05, 4.69) is 9.62 Å². The quantitative estimate of drug-likeness (QED) is 0.566. The maximum atomic E-state index is 13.2. The fourth-order valence-corrected chi connectivity index (χ4v) is 5.40. The minimum Gasteiger partial charge on any atom is -0.454 e. The molecule has 8 nitrogen and oxygen atoms in total. The van der Waals surface area contributed by atoms with Crippen molar-refractivity contribution in [3.05, 3.63) is 83.4 Å². The minimum absolute atomic E-state index is 0.104. The van der Waals surface area contributed by atoms with Gasteiger partial charge in [0.15, 0.2) is 11.5 Å². The van der Waals surface area contributed by atoms with Gasteiger partial charge in [-0.15, -0.1) is 0 Å². The molecule has 1 saturated heterocycles. The lowest BCUT2D eigenvalue weighted by atomic mass is 10.1. The topological polar surface area (TPSA) is 88.2 Å². The number of carbonyl (C=O) groups is 1. The highest BCUT2D eigenvalue weighted by Crippen LogP contribution is 2.33. The molecule has 2 aliphatic heterocycles. The number of anilines is 1. The van der Waals surface area contributed by atoms with Gasteiger partial charge in [0, 0.05) is 38.3 Å². The van der Waals surface area contributed by atoms with Crippen LogP contribution in [0.5, 0.6) is 11.5 Å². The van der Waals surface area contributed by atoms with E-state index in [0.29, 0.717) is 24.3 Å². The molecule has 0 aromatic heterocycles. The van der Waals surface area contributed by atoms with Crippen molar-refractivity contribution in [2.24, 2.45) is 0 Å². The Morgan fingerprint density at radius 3 is 2.43 bits per heavy atom. The lowest BCUT2D eigenvalue weighted by Gasteiger charge is -2.35. The molecule has 3 aromatic rings. The molecule has 0 radical (unpaired) electrons. The summed E-state index contributed by atoms with van der Waals surface area (Å²) >= 11 is 0. The van der Waals surface area contributed by atoms with Crippen LogP contribution in [-0.4, -0.2) is 57.1 Å². The first-order valence-corrected chi connectivity index (χ1v) is 13.0. The second-order valence-electron chi connectivity index (χ2n) is 8.70. The summed E-state index contributed by atoms with van der Waals surface area (Å²) in [5.74, 6) is 1.44. The average molecular weight is 494 g/mol. The number of benzene rings is 3. The molecule has 5 rings (SSSR count). The first-order valence-electron chi connectivity index (χ1n) is 11.5. The van der Waals surface area contributed by atoms with Gasteiger partial charge in [-0.1, -0.05) is 30.3 Å². The van der Waals surface area contributed by atoms with Crippen LogP contribution in [0.3, 0.4) is 0 Å². The number of ether oxygens (including phenoxy) is 2. The SMILES string of the molecule is Cc1ccc(C(=O)N2CCN(Cc3ccc4c(c3)OCO4)CC2)cc1NS(=O)(=O)c1ccccc1. The van der Waals surface area contributed by atoms with Crippen molar-refractivity contribution in [3.8, 4) is 11.5 Å². The normalized spacial score (nSPS) is 15.7. The molecule has 0 spiro atoms. The molecular weight excluding hydrogens is 466 g/mol. The number of hydrogen-bond donors (Lipinski definition) is 1. The van der Waals surface area contributed by atoms with Gasteiger partial charge in [0.25, 0.3) is 15.9 Å². The van der Waals surface area contributed by atoms with Crippen molar-refractivity contribution in [1.29, 1.82) is 0 Å². The molecule has 182 valence electrons. The maximum Gasteiger partial charge on any atom is 0.261 e. The van der Waals surface area contributed by atoms with Gasteiger partial charge in [-0.3, -0.25) is 14.4 Å². The molecule has 0 aliphatic carbocycles. The first kappa shape index (κ1) is 23.2. The van der Waals surface area contributed by atoms with Gasteiger partial charge in [-0.2, -0.15) is 0 Å². The summed E-state index contributed by atoms with van der Waals surface area (Å²) in [4.78, 5) is 17.5. The van der Waals surface area contributed by atoms with Crippen LogP contribution in [0.15, 0.2) is 71.6 Å². The summed E-state index contributed by atoms with van der Waals surface area (Å²) in [6.07, 6.45) is 0. The number of nitrogens with one attached hydrogen (secondary N) is 1. The summed E-state index contributed by atoms with van der Waals surface area (Å²) in [6, 6.07) is 19.3. The molecule has 0 saturated carbocycles. The Balaban J connectivity index is 1.22. The number of rotatable bonds is 6. The van der Waals surface area contributed by atoms with E-state index < -0.39 is 10.0 Å². The number of aryl methyl sites for hydroxylation is 1. The third-order valence-electron chi connectivity index (χ3n) is 6.29. The zero-order valence-electron chi connectivity index (χ0n) is 19.4. The molecule has 2 heterocycles. The Hall–Kier alpha value is -3.56. The molecule has 9 heteroatoms. The molecule has 1 fully saturated rings. The van der Waals surface area contributed by atoms with Crippen molar-refractivity contribution in [3.63, 3.8) is 0 Å². The molecule has 3 aromatic carbocycles. The number of piperazine rings is 1. The van der Waals surface area contributed by atoms with E-state index in [1.807, 2.05) is 30.0 Å². The van der Waals surface area contributed by atoms with Crippen LogP contribution >= 0.6 is 0 Å². The van der Waals surface area contributed by atoms with E-state index in [-0.39, 0.29) is 17.6 Å². The molecule has 2 aliphatic rings. The number of nitrogens with zero attached hydrogens (tertiary/aromatic N) is 2. The van der Waals surface area contributed by atoms with Crippen LogP contribution in [0, 0.1) is 6.92 Å². The lowest BCUT2D eigenvalue weighted by molar-refractivity contribution is 0.0628. The van der Waals surface area contributed by atoms with Gasteiger partial charge < -0.3 is 14.4 Å². The van der Waals surface area contributed by atoms with Gasteiger partial charge in [-0.25, -0.2) is 8.42 Å². The third kappa shape index (κ3) is 5.11. The Morgan fingerprint density at radius 1 is 0.914 bits per heavy atom. The number of sulfonamides is 1. The highest BCUT2D eigenvalue weighted by Gasteiger charge is 2.24. The summed E-state index contributed by atoms with van der Waals surface area (Å²) in [6.45, 7) is 5.54.